The number of rotatable bonds is 2. The van der Waals surface area contributed by atoms with E-state index in [4.69, 9.17) is 0 Å². The lowest BCUT2D eigenvalue weighted by atomic mass is 9.89. The van der Waals surface area contributed by atoms with Crippen molar-refractivity contribution >= 4 is 85.6 Å². The van der Waals surface area contributed by atoms with E-state index in [1.807, 2.05) is 11.3 Å². The Hall–Kier alpha value is -5.44. The van der Waals surface area contributed by atoms with E-state index in [-0.39, 0.29) is 0 Å². The first kappa shape index (κ1) is 24.0. The fourth-order valence-electron chi connectivity index (χ4n) is 7.61. The quantitative estimate of drug-likeness (QED) is 0.181. The summed E-state index contributed by atoms with van der Waals surface area (Å²) in [6, 6.07) is 55.6. The van der Waals surface area contributed by atoms with Crippen LogP contribution in [0, 0.1) is 0 Å². The molecule has 204 valence electrons. The van der Waals surface area contributed by atoms with Gasteiger partial charge in [0.15, 0.2) is 0 Å². The van der Waals surface area contributed by atoms with Gasteiger partial charge in [0.05, 0.1) is 21.4 Å². The molecule has 0 unspecified atom stereocenters. The highest BCUT2D eigenvalue weighted by Gasteiger charge is 2.25. The van der Waals surface area contributed by atoms with E-state index in [9.17, 15) is 0 Å². The van der Waals surface area contributed by atoms with E-state index < -0.39 is 0 Å². The zero-order chi connectivity index (χ0) is 28.8. The number of aromatic nitrogens is 1. The van der Waals surface area contributed by atoms with E-state index in [2.05, 4.69) is 156 Å². The second-order valence-corrected chi connectivity index (χ2v) is 12.7. The Morgan fingerprint density at radius 2 is 0.932 bits per heavy atom. The van der Waals surface area contributed by atoms with Crippen LogP contribution in [0.4, 0.5) is 0 Å². The summed E-state index contributed by atoms with van der Waals surface area (Å²) >= 11 is 1.92. The third-order valence-electron chi connectivity index (χ3n) is 9.35. The number of para-hydroxylation sites is 2. The average molecular weight is 576 g/mol. The van der Waals surface area contributed by atoms with Crippen LogP contribution in [0.2, 0.25) is 0 Å². The lowest BCUT2D eigenvalue weighted by Gasteiger charge is -2.16. The van der Waals surface area contributed by atoms with Crippen molar-refractivity contribution in [2.24, 2.45) is 0 Å². The molecule has 0 saturated heterocycles. The van der Waals surface area contributed by atoms with Gasteiger partial charge in [-0.05, 0) is 45.3 Å². The van der Waals surface area contributed by atoms with Crippen LogP contribution in [0.1, 0.15) is 0 Å². The predicted molar refractivity (Wildman–Crippen MR) is 192 cm³/mol. The molecule has 10 rings (SSSR count). The van der Waals surface area contributed by atoms with Crippen LogP contribution in [0.25, 0.3) is 91.1 Å². The molecular weight excluding hydrogens is 551 g/mol. The van der Waals surface area contributed by atoms with Crippen molar-refractivity contribution in [2.45, 2.75) is 0 Å². The first-order chi connectivity index (χ1) is 21.9. The van der Waals surface area contributed by atoms with Crippen LogP contribution in [-0.2, 0) is 0 Å². The van der Waals surface area contributed by atoms with Gasteiger partial charge in [-0.15, -0.1) is 11.3 Å². The third kappa shape index (κ3) is 3.13. The van der Waals surface area contributed by atoms with Crippen LogP contribution in [0.5, 0.6) is 0 Å². The van der Waals surface area contributed by atoms with Crippen LogP contribution < -0.4 is 0 Å². The van der Waals surface area contributed by atoms with Crippen molar-refractivity contribution < 1.29 is 0 Å². The average Bonchev–Trinajstić information content (AvgIpc) is 3.65. The van der Waals surface area contributed by atoms with E-state index in [0.29, 0.717) is 0 Å². The molecule has 2 aromatic heterocycles. The zero-order valence-corrected chi connectivity index (χ0v) is 24.6. The highest BCUT2D eigenvalue weighted by atomic mass is 32.1. The second kappa shape index (κ2) is 9.03. The van der Waals surface area contributed by atoms with Gasteiger partial charge in [-0.25, -0.2) is 0 Å². The van der Waals surface area contributed by atoms with E-state index in [0.717, 1.165) is 0 Å². The molecule has 44 heavy (non-hydrogen) atoms. The Kier molecular flexibility index (Phi) is 4.94. The van der Waals surface area contributed by atoms with Crippen molar-refractivity contribution in [1.82, 2.24) is 4.57 Å². The third-order valence-corrected chi connectivity index (χ3v) is 10.5. The molecule has 0 bridgehead atoms. The molecule has 1 nitrogen and oxygen atoms in total. The minimum Gasteiger partial charge on any atom is -0.307 e. The van der Waals surface area contributed by atoms with E-state index in [1.165, 1.54) is 91.1 Å². The largest absolute Gasteiger partial charge is 0.307 e. The smallest absolute Gasteiger partial charge is 0.0726 e. The fraction of sp³-hybridized carbons (Fsp3) is 0. The SMILES string of the molecule is c1ccc(-c2ccccc2-n2c3ccccc3c3c4c5ccccc5c5ccccc5c4c4c5ccccc5sc4c32)cc1. The second-order valence-electron chi connectivity index (χ2n) is 11.6. The Morgan fingerprint density at radius 3 is 1.68 bits per heavy atom. The van der Waals surface area contributed by atoms with Crippen molar-refractivity contribution in [3.05, 3.63) is 152 Å². The van der Waals surface area contributed by atoms with E-state index >= 15 is 0 Å². The summed E-state index contributed by atoms with van der Waals surface area (Å²) < 4.78 is 5.21. The summed E-state index contributed by atoms with van der Waals surface area (Å²) in [4.78, 5) is 0. The maximum Gasteiger partial charge on any atom is 0.0726 e. The normalized spacial score (nSPS) is 12.1. The first-order valence-corrected chi connectivity index (χ1v) is 15.9. The standard InChI is InChI=1S/C42H25NS/c1-2-14-26(15-3-1)27-16-8-11-23-34(27)43-35-24-12-9-21-32(35)39-37-30-19-6-4-17-28(30)29-18-5-7-20-31(29)38(37)40-33-22-10-13-25-36(33)44-42(40)41(39)43/h1-25H. The molecule has 0 N–H and O–H groups in total. The predicted octanol–water partition coefficient (Wildman–Crippen LogP) is 12.3. The summed E-state index contributed by atoms with van der Waals surface area (Å²) in [5.74, 6) is 0. The molecule has 0 atom stereocenters. The molecular formula is C42H25NS. The number of benzene rings is 8. The van der Waals surface area contributed by atoms with Crippen molar-refractivity contribution in [1.29, 1.82) is 0 Å². The van der Waals surface area contributed by atoms with E-state index in [1.54, 1.807) is 0 Å². The molecule has 2 heteroatoms. The van der Waals surface area contributed by atoms with Crippen LogP contribution >= 0.6 is 11.3 Å². The minimum atomic E-state index is 1.20. The Morgan fingerprint density at radius 1 is 0.386 bits per heavy atom. The molecule has 0 fully saturated rings. The Balaban J connectivity index is 1.57. The zero-order valence-electron chi connectivity index (χ0n) is 23.8. The molecule has 8 aromatic carbocycles. The van der Waals surface area contributed by atoms with Gasteiger partial charge in [-0.1, -0.05) is 133 Å². The van der Waals surface area contributed by atoms with Gasteiger partial charge < -0.3 is 4.57 Å². The van der Waals surface area contributed by atoms with Gasteiger partial charge in [0.25, 0.3) is 0 Å². The number of thiophene rings is 1. The van der Waals surface area contributed by atoms with Gasteiger partial charge in [-0.3, -0.25) is 0 Å². The first-order valence-electron chi connectivity index (χ1n) is 15.1. The lowest BCUT2D eigenvalue weighted by molar-refractivity contribution is 1.19. The summed E-state index contributed by atoms with van der Waals surface area (Å²) in [6.45, 7) is 0. The van der Waals surface area contributed by atoms with Gasteiger partial charge in [0, 0.05) is 42.6 Å². The molecule has 10 aromatic rings. The lowest BCUT2D eigenvalue weighted by Crippen LogP contribution is -1.97. The van der Waals surface area contributed by atoms with Crippen LogP contribution in [0.3, 0.4) is 0 Å². The molecule has 0 saturated carbocycles. The van der Waals surface area contributed by atoms with Gasteiger partial charge in [-0.2, -0.15) is 0 Å². The molecule has 0 aliphatic rings. The molecule has 0 radical (unpaired) electrons. The van der Waals surface area contributed by atoms with Gasteiger partial charge in [0.1, 0.15) is 0 Å². The number of fused-ring (bicyclic) bond motifs is 15. The topological polar surface area (TPSA) is 4.93 Å². The number of hydrogen-bond acceptors (Lipinski definition) is 1. The van der Waals surface area contributed by atoms with Crippen molar-refractivity contribution in [3.63, 3.8) is 0 Å². The van der Waals surface area contributed by atoms with Crippen molar-refractivity contribution in [2.75, 3.05) is 0 Å². The number of nitrogens with zero attached hydrogens (tertiary/aromatic N) is 1. The maximum atomic E-state index is 2.55. The molecule has 0 aliphatic heterocycles. The van der Waals surface area contributed by atoms with Crippen LogP contribution in [-0.4, -0.2) is 4.57 Å². The van der Waals surface area contributed by atoms with Gasteiger partial charge >= 0.3 is 0 Å². The fourth-order valence-corrected chi connectivity index (χ4v) is 8.86. The Bertz CT molecular complexity index is 2760. The summed E-state index contributed by atoms with van der Waals surface area (Å²) in [7, 11) is 0. The molecule has 0 aliphatic carbocycles. The summed E-state index contributed by atoms with van der Waals surface area (Å²) in [5.41, 5.74) is 6.17. The minimum absolute atomic E-state index is 1.20. The summed E-state index contributed by atoms with van der Waals surface area (Å²) in [5, 5.41) is 13.2. The molecule has 0 amide bonds. The molecule has 0 spiro atoms. The monoisotopic (exact) mass is 575 g/mol. The molecule has 2 heterocycles. The van der Waals surface area contributed by atoms with Gasteiger partial charge in [0.2, 0.25) is 0 Å². The summed E-state index contributed by atoms with van der Waals surface area (Å²) in [6.07, 6.45) is 0. The van der Waals surface area contributed by atoms with Crippen molar-refractivity contribution in [3.8, 4) is 16.8 Å². The van der Waals surface area contributed by atoms with Crippen LogP contribution in [0.15, 0.2) is 152 Å². The highest BCUT2D eigenvalue weighted by Crippen LogP contribution is 2.52. The Labute approximate surface area is 257 Å². The number of hydrogen-bond donors (Lipinski definition) is 0. The maximum absolute atomic E-state index is 2.55. The highest BCUT2D eigenvalue weighted by molar-refractivity contribution is 7.27.